The molecule has 2 N–H and O–H groups in total. The van der Waals surface area contributed by atoms with Gasteiger partial charge in [-0.2, -0.15) is 0 Å². The number of quaternary nitrogens is 1. The molecule has 8 nitrogen and oxygen atoms in total. The van der Waals surface area contributed by atoms with E-state index in [-0.39, 0.29) is 19.1 Å². The Bertz CT molecular complexity index is 703. The van der Waals surface area contributed by atoms with Crippen molar-refractivity contribution < 1.29 is 32.9 Å². The monoisotopic (exact) mass is 649 g/mol. The van der Waals surface area contributed by atoms with Crippen LogP contribution in [0.3, 0.4) is 0 Å². The first-order valence-corrected chi connectivity index (χ1v) is 19.8. The number of aliphatic hydroxyl groups excluding tert-OH is 1. The maximum Gasteiger partial charge on any atom is 0.268 e. The maximum absolute atomic E-state index is 12.7. The van der Waals surface area contributed by atoms with Crippen LogP contribution in [0.15, 0.2) is 0 Å². The van der Waals surface area contributed by atoms with Crippen molar-refractivity contribution in [3.8, 4) is 0 Å². The van der Waals surface area contributed by atoms with Gasteiger partial charge in [-0.05, 0) is 12.8 Å². The molecule has 3 unspecified atom stereocenters. The minimum absolute atomic E-state index is 0.0151. The molecule has 0 heterocycles. The summed E-state index contributed by atoms with van der Waals surface area (Å²) >= 11 is 0. The van der Waals surface area contributed by atoms with E-state index < -0.39 is 20.0 Å². The highest BCUT2D eigenvalue weighted by Gasteiger charge is 2.24. The molecule has 0 saturated heterocycles. The predicted octanol–water partition coefficient (Wildman–Crippen LogP) is 8.44. The van der Waals surface area contributed by atoms with Crippen LogP contribution in [0.1, 0.15) is 168 Å². The Kier molecular flexibility index (Phi) is 28.4. The zero-order chi connectivity index (χ0) is 32.9. The third kappa shape index (κ3) is 30.2. The third-order valence-corrected chi connectivity index (χ3v) is 9.31. The molecular formula is C35H73N2O6P. The molecule has 0 aromatic rings. The molecule has 3 atom stereocenters. The summed E-state index contributed by atoms with van der Waals surface area (Å²) in [5.74, 6) is -0.167. The fourth-order valence-electron chi connectivity index (χ4n) is 5.33. The van der Waals surface area contributed by atoms with E-state index in [1.165, 1.54) is 103 Å². The van der Waals surface area contributed by atoms with Crippen molar-refractivity contribution in [2.24, 2.45) is 0 Å². The predicted molar refractivity (Wildman–Crippen MR) is 183 cm³/mol. The number of nitrogens with zero attached hydrogens (tertiary/aromatic N) is 1. The Morgan fingerprint density at radius 2 is 1.11 bits per heavy atom. The molecule has 0 rings (SSSR count). The molecule has 0 aliphatic rings. The molecule has 9 heteroatoms. The minimum Gasteiger partial charge on any atom is -0.756 e. The number of carbonyl (C=O) groups excluding carboxylic acids is 1. The summed E-state index contributed by atoms with van der Waals surface area (Å²) in [6, 6.07) is -0.789. The number of rotatable bonds is 33. The van der Waals surface area contributed by atoms with Crippen LogP contribution in [-0.4, -0.2) is 68.5 Å². The van der Waals surface area contributed by atoms with E-state index in [9.17, 15) is 19.4 Å². The summed E-state index contributed by atoms with van der Waals surface area (Å²) in [7, 11) is 1.31. The molecule has 1 amide bonds. The SMILES string of the molecule is CCCCCCCCCCCCCCCCC(=O)NC(COP(=O)([O-])OCC[N+](C)(C)C)C(O)CCCCCCCCCC. The quantitative estimate of drug-likeness (QED) is 0.0420. The van der Waals surface area contributed by atoms with E-state index in [1.807, 2.05) is 21.1 Å². The topological polar surface area (TPSA) is 108 Å². The van der Waals surface area contributed by atoms with Crippen LogP contribution in [-0.2, 0) is 18.4 Å². The van der Waals surface area contributed by atoms with Gasteiger partial charge in [0.25, 0.3) is 7.82 Å². The second kappa shape index (κ2) is 28.7. The highest BCUT2D eigenvalue weighted by Crippen LogP contribution is 2.38. The average Bonchev–Trinajstić information content (AvgIpc) is 2.95. The fourth-order valence-corrected chi connectivity index (χ4v) is 6.05. The van der Waals surface area contributed by atoms with Gasteiger partial charge < -0.3 is 28.8 Å². The van der Waals surface area contributed by atoms with Gasteiger partial charge in [-0.1, -0.05) is 149 Å². The van der Waals surface area contributed by atoms with Gasteiger partial charge in [-0.25, -0.2) is 0 Å². The highest BCUT2D eigenvalue weighted by molar-refractivity contribution is 7.45. The largest absolute Gasteiger partial charge is 0.756 e. The van der Waals surface area contributed by atoms with Gasteiger partial charge in [0.05, 0.1) is 39.9 Å². The number of hydrogen-bond donors (Lipinski definition) is 2. The van der Waals surface area contributed by atoms with E-state index in [1.54, 1.807) is 0 Å². The van der Waals surface area contributed by atoms with Crippen molar-refractivity contribution in [1.29, 1.82) is 0 Å². The van der Waals surface area contributed by atoms with Crippen LogP contribution >= 0.6 is 7.82 Å². The van der Waals surface area contributed by atoms with Gasteiger partial charge in [0, 0.05) is 6.42 Å². The van der Waals surface area contributed by atoms with Crippen molar-refractivity contribution in [3.05, 3.63) is 0 Å². The van der Waals surface area contributed by atoms with Gasteiger partial charge in [0.15, 0.2) is 0 Å². The normalized spacial score (nSPS) is 14.8. The molecule has 0 aliphatic carbocycles. The van der Waals surface area contributed by atoms with Crippen LogP contribution in [0.4, 0.5) is 0 Å². The van der Waals surface area contributed by atoms with Crippen molar-refractivity contribution in [1.82, 2.24) is 5.32 Å². The molecule has 264 valence electrons. The zero-order valence-corrected chi connectivity index (χ0v) is 30.5. The summed E-state index contributed by atoms with van der Waals surface area (Å²) in [6.07, 6.45) is 26.8. The Morgan fingerprint density at radius 3 is 1.55 bits per heavy atom. The number of carbonyl (C=O) groups is 1. The number of phosphoric acid groups is 1. The average molecular weight is 649 g/mol. The fraction of sp³-hybridized carbons (Fsp3) is 0.971. The minimum atomic E-state index is -4.54. The summed E-state index contributed by atoms with van der Waals surface area (Å²) in [6.45, 7) is 4.67. The van der Waals surface area contributed by atoms with E-state index in [0.717, 1.165) is 38.5 Å². The van der Waals surface area contributed by atoms with Crippen molar-refractivity contribution in [2.75, 3.05) is 40.9 Å². The Morgan fingerprint density at radius 1 is 0.705 bits per heavy atom. The Labute approximate surface area is 272 Å². The van der Waals surface area contributed by atoms with Crippen molar-refractivity contribution in [3.63, 3.8) is 0 Å². The lowest BCUT2D eigenvalue weighted by molar-refractivity contribution is -0.870. The number of phosphoric ester groups is 1. The maximum atomic E-state index is 12.7. The number of amides is 1. The zero-order valence-electron chi connectivity index (χ0n) is 29.6. The van der Waals surface area contributed by atoms with E-state index >= 15 is 0 Å². The van der Waals surface area contributed by atoms with Crippen LogP contribution in [0.2, 0.25) is 0 Å². The third-order valence-electron chi connectivity index (χ3n) is 8.35. The highest BCUT2D eigenvalue weighted by atomic mass is 31.2. The Balaban J connectivity index is 4.40. The summed E-state index contributed by atoms with van der Waals surface area (Å²) in [4.78, 5) is 25.1. The molecule has 0 bridgehead atoms. The van der Waals surface area contributed by atoms with Crippen LogP contribution in [0, 0.1) is 0 Å². The van der Waals surface area contributed by atoms with E-state index in [2.05, 4.69) is 19.2 Å². The first kappa shape index (κ1) is 43.5. The van der Waals surface area contributed by atoms with E-state index in [4.69, 9.17) is 9.05 Å². The lowest BCUT2D eigenvalue weighted by Gasteiger charge is -2.30. The van der Waals surface area contributed by atoms with Gasteiger partial charge in [0.2, 0.25) is 5.91 Å². The van der Waals surface area contributed by atoms with Gasteiger partial charge in [-0.15, -0.1) is 0 Å². The molecule has 0 spiro atoms. The van der Waals surface area contributed by atoms with Crippen molar-refractivity contribution in [2.45, 2.75) is 180 Å². The van der Waals surface area contributed by atoms with Gasteiger partial charge in [0.1, 0.15) is 13.2 Å². The van der Waals surface area contributed by atoms with Crippen LogP contribution in [0.5, 0.6) is 0 Å². The van der Waals surface area contributed by atoms with E-state index in [0.29, 0.717) is 23.9 Å². The first-order chi connectivity index (χ1) is 21.0. The molecular weight excluding hydrogens is 575 g/mol. The van der Waals surface area contributed by atoms with Crippen LogP contribution in [0.25, 0.3) is 0 Å². The number of likely N-dealkylation sites (N-methyl/N-ethyl adjacent to an activating group) is 1. The number of aliphatic hydroxyl groups is 1. The Hall–Kier alpha value is -0.500. The number of unbranched alkanes of at least 4 members (excludes halogenated alkanes) is 20. The summed E-state index contributed by atoms with van der Waals surface area (Å²) in [5, 5.41) is 13.7. The number of hydrogen-bond acceptors (Lipinski definition) is 6. The summed E-state index contributed by atoms with van der Waals surface area (Å²) < 4.78 is 23.1. The summed E-state index contributed by atoms with van der Waals surface area (Å²) in [5.41, 5.74) is 0. The molecule has 0 aromatic heterocycles. The standard InChI is InChI=1S/C35H73N2O6P/c1-6-8-10-12-14-16-17-18-19-20-21-23-25-27-29-35(39)36-33(32-43-44(40,41)42-31-30-37(3,4)5)34(38)28-26-24-22-15-13-11-9-7-2/h33-34,38H,6-32H2,1-5H3,(H-,36,39,40,41). The van der Waals surface area contributed by atoms with Gasteiger partial charge in [-0.3, -0.25) is 9.36 Å². The van der Waals surface area contributed by atoms with Crippen LogP contribution < -0.4 is 10.2 Å². The lowest BCUT2D eigenvalue weighted by Crippen LogP contribution is -2.46. The number of nitrogens with one attached hydrogen (secondary N) is 1. The molecule has 0 fully saturated rings. The molecule has 0 aliphatic heterocycles. The molecule has 44 heavy (non-hydrogen) atoms. The molecule has 0 radical (unpaired) electrons. The molecule has 0 saturated carbocycles. The smallest absolute Gasteiger partial charge is 0.268 e. The van der Waals surface area contributed by atoms with Gasteiger partial charge >= 0.3 is 0 Å². The second-order valence-electron chi connectivity index (χ2n) is 13.9. The van der Waals surface area contributed by atoms with Crippen molar-refractivity contribution >= 4 is 13.7 Å². The second-order valence-corrected chi connectivity index (χ2v) is 15.4. The molecule has 0 aromatic carbocycles. The first-order valence-electron chi connectivity index (χ1n) is 18.4. The lowest BCUT2D eigenvalue weighted by atomic mass is 10.0.